The maximum atomic E-state index is 12.8. The summed E-state index contributed by atoms with van der Waals surface area (Å²) in [6.45, 7) is 4.90. The Morgan fingerprint density at radius 3 is 2.50 bits per heavy atom. The van der Waals surface area contributed by atoms with Crippen LogP contribution in [0.1, 0.15) is 60.8 Å². The Kier molecular flexibility index (Phi) is 5.92. The lowest BCUT2D eigenvalue weighted by Gasteiger charge is -2.26. The van der Waals surface area contributed by atoms with E-state index >= 15 is 0 Å². The Bertz CT molecular complexity index is 818. The number of carbonyl (C=O) groups excluding carboxylic acids is 1. The number of rotatable bonds is 5. The van der Waals surface area contributed by atoms with Gasteiger partial charge in [-0.1, -0.05) is 44.4 Å². The zero-order chi connectivity index (χ0) is 18.5. The van der Waals surface area contributed by atoms with Gasteiger partial charge in [-0.25, -0.2) is 0 Å². The first-order valence-corrected chi connectivity index (χ1v) is 9.70. The molecule has 2 aromatic rings. The van der Waals surface area contributed by atoms with Gasteiger partial charge < -0.3 is 9.88 Å². The second kappa shape index (κ2) is 8.35. The highest BCUT2D eigenvalue weighted by molar-refractivity contribution is 6.05. The molecule has 1 aromatic heterocycles. The fourth-order valence-electron chi connectivity index (χ4n) is 4.04. The first kappa shape index (κ1) is 18.4. The number of benzene rings is 1. The van der Waals surface area contributed by atoms with E-state index in [1.807, 2.05) is 44.2 Å². The third kappa shape index (κ3) is 4.06. The maximum Gasteiger partial charge on any atom is 0.261 e. The molecule has 138 valence electrons. The molecule has 1 heterocycles. The molecule has 1 saturated carbocycles. The minimum Gasteiger partial charge on any atom is -0.348 e. The highest BCUT2D eigenvalue weighted by atomic mass is 16.2. The van der Waals surface area contributed by atoms with E-state index in [1.54, 1.807) is 6.07 Å². The molecule has 1 N–H and O–H groups in total. The lowest BCUT2D eigenvalue weighted by atomic mass is 9.89. The Labute approximate surface area is 155 Å². The van der Waals surface area contributed by atoms with E-state index in [-0.39, 0.29) is 16.9 Å². The van der Waals surface area contributed by atoms with Crippen LogP contribution < -0.4 is 10.7 Å². The van der Waals surface area contributed by atoms with Crippen LogP contribution in [0.15, 0.2) is 41.2 Å². The normalized spacial score (nSPS) is 15.0. The van der Waals surface area contributed by atoms with E-state index in [2.05, 4.69) is 9.88 Å². The summed E-state index contributed by atoms with van der Waals surface area (Å²) >= 11 is 0. The molecule has 1 aliphatic rings. The molecule has 0 aliphatic heterocycles. The monoisotopic (exact) mass is 352 g/mol. The summed E-state index contributed by atoms with van der Waals surface area (Å²) in [5.41, 5.74) is 2.62. The predicted octanol–water partition coefficient (Wildman–Crippen LogP) is 4.55. The van der Waals surface area contributed by atoms with Gasteiger partial charge in [0.15, 0.2) is 5.43 Å². The summed E-state index contributed by atoms with van der Waals surface area (Å²) in [4.78, 5) is 25.5. The van der Waals surface area contributed by atoms with Crippen molar-refractivity contribution in [2.24, 2.45) is 5.92 Å². The van der Waals surface area contributed by atoms with Crippen LogP contribution >= 0.6 is 0 Å². The van der Waals surface area contributed by atoms with Crippen LogP contribution in [-0.4, -0.2) is 10.5 Å². The number of pyridine rings is 1. The first-order chi connectivity index (χ1) is 12.6. The number of aromatic nitrogens is 1. The van der Waals surface area contributed by atoms with Gasteiger partial charge in [-0.15, -0.1) is 0 Å². The largest absolute Gasteiger partial charge is 0.348 e. The number of para-hydroxylation sites is 1. The molecule has 0 radical (unpaired) electrons. The van der Waals surface area contributed by atoms with Crippen molar-refractivity contribution in [3.05, 3.63) is 63.6 Å². The van der Waals surface area contributed by atoms with Gasteiger partial charge in [0.05, 0.1) is 0 Å². The summed E-state index contributed by atoms with van der Waals surface area (Å²) < 4.78 is 2.21. The molecule has 3 rings (SSSR count). The van der Waals surface area contributed by atoms with Crippen molar-refractivity contribution < 1.29 is 4.79 Å². The molecule has 1 fully saturated rings. The average molecular weight is 352 g/mol. The number of amides is 1. The Hall–Kier alpha value is -2.36. The van der Waals surface area contributed by atoms with E-state index in [0.717, 1.165) is 17.9 Å². The zero-order valence-corrected chi connectivity index (χ0v) is 15.8. The van der Waals surface area contributed by atoms with E-state index in [4.69, 9.17) is 0 Å². The number of hydrogen-bond donors (Lipinski definition) is 1. The summed E-state index contributed by atoms with van der Waals surface area (Å²) in [7, 11) is 0. The topological polar surface area (TPSA) is 51.1 Å². The number of nitrogens with one attached hydrogen (secondary N) is 1. The van der Waals surface area contributed by atoms with Crippen molar-refractivity contribution in [2.75, 3.05) is 5.32 Å². The summed E-state index contributed by atoms with van der Waals surface area (Å²) in [6.07, 6.45) is 7.03. The summed E-state index contributed by atoms with van der Waals surface area (Å²) in [5, 5.41) is 2.87. The predicted molar refractivity (Wildman–Crippen MR) is 106 cm³/mol. The second-order valence-electron chi connectivity index (χ2n) is 7.26. The summed E-state index contributed by atoms with van der Waals surface area (Å²) in [6, 6.07) is 10.9. The van der Waals surface area contributed by atoms with Gasteiger partial charge in [0.25, 0.3) is 5.91 Å². The van der Waals surface area contributed by atoms with Gasteiger partial charge >= 0.3 is 0 Å². The maximum absolute atomic E-state index is 12.8. The highest BCUT2D eigenvalue weighted by Crippen LogP contribution is 2.26. The van der Waals surface area contributed by atoms with Crippen molar-refractivity contribution in [1.82, 2.24) is 4.57 Å². The average Bonchev–Trinajstić information content (AvgIpc) is 2.65. The SMILES string of the molecule is CCc1c(C(=O)Nc2ccccc2)c(=O)cc(C)n1CC1CCCCC1. The van der Waals surface area contributed by atoms with Crippen LogP contribution in [-0.2, 0) is 13.0 Å². The van der Waals surface area contributed by atoms with Crippen LogP contribution in [0, 0.1) is 12.8 Å². The van der Waals surface area contributed by atoms with E-state index in [9.17, 15) is 9.59 Å². The fourth-order valence-corrected chi connectivity index (χ4v) is 4.04. The van der Waals surface area contributed by atoms with Gasteiger partial charge in [-0.2, -0.15) is 0 Å². The van der Waals surface area contributed by atoms with Crippen molar-refractivity contribution in [3.63, 3.8) is 0 Å². The van der Waals surface area contributed by atoms with E-state index in [0.29, 0.717) is 18.0 Å². The van der Waals surface area contributed by atoms with Gasteiger partial charge in [0, 0.05) is 29.7 Å². The van der Waals surface area contributed by atoms with Crippen LogP contribution in [0.25, 0.3) is 0 Å². The van der Waals surface area contributed by atoms with Gasteiger partial charge in [0.2, 0.25) is 0 Å². The highest BCUT2D eigenvalue weighted by Gasteiger charge is 2.22. The molecular weight excluding hydrogens is 324 g/mol. The van der Waals surface area contributed by atoms with Crippen molar-refractivity contribution in [1.29, 1.82) is 0 Å². The zero-order valence-electron chi connectivity index (χ0n) is 15.8. The third-order valence-corrected chi connectivity index (χ3v) is 5.39. The van der Waals surface area contributed by atoms with Crippen molar-refractivity contribution in [2.45, 2.75) is 58.9 Å². The number of aryl methyl sites for hydroxylation is 1. The van der Waals surface area contributed by atoms with Crippen LogP contribution in [0.2, 0.25) is 0 Å². The molecule has 4 heteroatoms. The quantitative estimate of drug-likeness (QED) is 0.858. The Balaban J connectivity index is 1.94. The Morgan fingerprint density at radius 2 is 1.85 bits per heavy atom. The van der Waals surface area contributed by atoms with E-state index in [1.165, 1.54) is 32.1 Å². The lowest BCUT2D eigenvalue weighted by Crippen LogP contribution is -2.29. The van der Waals surface area contributed by atoms with Gasteiger partial charge in [0.1, 0.15) is 5.56 Å². The smallest absolute Gasteiger partial charge is 0.261 e. The van der Waals surface area contributed by atoms with Crippen LogP contribution in [0.3, 0.4) is 0 Å². The molecule has 1 amide bonds. The van der Waals surface area contributed by atoms with Crippen molar-refractivity contribution in [3.8, 4) is 0 Å². The molecule has 0 atom stereocenters. The number of carbonyl (C=O) groups is 1. The number of anilines is 1. The van der Waals surface area contributed by atoms with Gasteiger partial charge in [-0.3, -0.25) is 9.59 Å². The summed E-state index contributed by atoms with van der Waals surface area (Å²) in [5.74, 6) is 0.329. The Morgan fingerprint density at radius 1 is 1.15 bits per heavy atom. The first-order valence-electron chi connectivity index (χ1n) is 9.70. The molecular formula is C22H28N2O2. The van der Waals surface area contributed by atoms with Gasteiger partial charge in [-0.05, 0) is 44.2 Å². The molecule has 1 aromatic carbocycles. The lowest BCUT2D eigenvalue weighted by molar-refractivity contribution is 0.102. The molecule has 4 nitrogen and oxygen atoms in total. The second-order valence-corrected chi connectivity index (χ2v) is 7.26. The fraction of sp³-hybridized carbons (Fsp3) is 0.455. The molecule has 0 bridgehead atoms. The van der Waals surface area contributed by atoms with Crippen LogP contribution in [0.4, 0.5) is 5.69 Å². The minimum absolute atomic E-state index is 0.187. The number of nitrogens with zero attached hydrogens (tertiary/aromatic N) is 1. The molecule has 0 saturated heterocycles. The molecule has 0 spiro atoms. The van der Waals surface area contributed by atoms with E-state index < -0.39 is 0 Å². The van der Waals surface area contributed by atoms with Crippen LogP contribution in [0.5, 0.6) is 0 Å². The third-order valence-electron chi connectivity index (χ3n) is 5.39. The van der Waals surface area contributed by atoms with Crippen molar-refractivity contribution >= 4 is 11.6 Å². The molecule has 0 unspecified atom stereocenters. The molecule has 1 aliphatic carbocycles. The molecule has 26 heavy (non-hydrogen) atoms. The number of hydrogen-bond acceptors (Lipinski definition) is 2. The minimum atomic E-state index is -0.310. The standard InChI is InChI=1S/C22H28N2O2/c1-3-19-21(22(26)23-18-12-8-5-9-13-18)20(25)14-16(2)24(19)15-17-10-6-4-7-11-17/h5,8-9,12-14,17H,3-4,6-7,10-11,15H2,1-2H3,(H,23,26).